The molecule has 0 aliphatic carbocycles. The number of carbonyl (C=O) groups excluding carboxylic acids is 1. The van der Waals surface area contributed by atoms with Crippen LogP contribution >= 0.6 is 23.4 Å². The Balaban J connectivity index is 2.07. The van der Waals surface area contributed by atoms with Crippen LogP contribution in [0.1, 0.15) is 32.3 Å². The van der Waals surface area contributed by atoms with E-state index < -0.39 is 5.25 Å². The van der Waals surface area contributed by atoms with Crippen molar-refractivity contribution in [3.8, 4) is 0 Å². The minimum Gasteiger partial charge on any atom is -0.325 e. The first-order valence-electron chi connectivity index (χ1n) is 7.81. The highest BCUT2D eigenvalue weighted by Crippen LogP contribution is 2.25. The average molecular weight is 369 g/mol. The van der Waals surface area contributed by atoms with Gasteiger partial charge >= 0.3 is 5.69 Å². The first kappa shape index (κ1) is 18.6. The Bertz CT molecular complexity index is 772. The molecule has 2 rings (SSSR count). The Kier molecular flexibility index (Phi) is 6.51. The van der Waals surface area contributed by atoms with Gasteiger partial charge in [-0.05, 0) is 38.0 Å². The van der Waals surface area contributed by atoms with Gasteiger partial charge in [0.25, 0.3) is 0 Å². The van der Waals surface area contributed by atoms with Crippen molar-refractivity contribution >= 4 is 35.0 Å². The van der Waals surface area contributed by atoms with Crippen molar-refractivity contribution in [1.29, 1.82) is 0 Å². The number of nitrogens with one attached hydrogen (secondary N) is 2. The van der Waals surface area contributed by atoms with E-state index in [0.717, 1.165) is 18.4 Å². The number of unbranched alkanes of at least 4 members (excludes halogenated alkanes) is 1. The van der Waals surface area contributed by atoms with E-state index in [0.29, 0.717) is 22.4 Å². The van der Waals surface area contributed by atoms with E-state index in [-0.39, 0.29) is 11.6 Å². The summed E-state index contributed by atoms with van der Waals surface area (Å²) in [6.45, 7) is 6.28. The van der Waals surface area contributed by atoms with Crippen molar-refractivity contribution in [3.63, 3.8) is 0 Å². The fourth-order valence-electron chi connectivity index (χ4n) is 2.10. The summed E-state index contributed by atoms with van der Waals surface area (Å²) in [6.07, 6.45) is 1.86. The molecule has 1 heterocycles. The lowest BCUT2D eigenvalue weighted by Gasteiger charge is -2.14. The van der Waals surface area contributed by atoms with E-state index in [1.165, 1.54) is 11.8 Å². The fraction of sp³-hybridized carbons (Fsp3) is 0.438. The van der Waals surface area contributed by atoms with Crippen molar-refractivity contribution in [1.82, 2.24) is 14.8 Å². The van der Waals surface area contributed by atoms with Crippen molar-refractivity contribution in [2.75, 3.05) is 5.32 Å². The lowest BCUT2D eigenvalue weighted by atomic mass is 10.2. The molecule has 2 aromatic rings. The molecular formula is C16H21ClN4O2S. The number of halogens is 1. The second kappa shape index (κ2) is 8.39. The zero-order valence-corrected chi connectivity index (χ0v) is 15.5. The van der Waals surface area contributed by atoms with Crippen molar-refractivity contribution < 1.29 is 4.79 Å². The van der Waals surface area contributed by atoms with Crippen LogP contribution in [0, 0.1) is 6.92 Å². The van der Waals surface area contributed by atoms with Crippen LogP contribution in [0.4, 0.5) is 5.69 Å². The number of hydrogen-bond donors (Lipinski definition) is 2. The van der Waals surface area contributed by atoms with Crippen molar-refractivity contribution in [2.45, 2.75) is 50.6 Å². The number of thioether (sulfide) groups is 1. The topological polar surface area (TPSA) is 79.8 Å². The van der Waals surface area contributed by atoms with Gasteiger partial charge < -0.3 is 5.32 Å². The molecule has 8 heteroatoms. The van der Waals surface area contributed by atoms with Crippen LogP contribution in [-0.4, -0.2) is 25.9 Å². The molecule has 1 aromatic carbocycles. The Hall–Kier alpha value is -1.73. The molecule has 0 bridgehead atoms. The van der Waals surface area contributed by atoms with Gasteiger partial charge in [0, 0.05) is 17.3 Å². The number of aromatic amines is 1. The number of amides is 1. The van der Waals surface area contributed by atoms with E-state index >= 15 is 0 Å². The molecule has 6 nitrogen and oxygen atoms in total. The molecule has 24 heavy (non-hydrogen) atoms. The summed E-state index contributed by atoms with van der Waals surface area (Å²) < 4.78 is 1.57. The fourth-order valence-corrected chi connectivity index (χ4v) is 3.15. The SMILES string of the molecule is CCCCn1c(S[C@H](C)C(=O)Nc2cccc(Cl)c2C)n[nH]c1=O. The molecule has 0 aliphatic rings. The molecule has 0 saturated carbocycles. The third kappa shape index (κ3) is 4.42. The molecule has 2 N–H and O–H groups in total. The summed E-state index contributed by atoms with van der Waals surface area (Å²) in [5.74, 6) is -0.164. The van der Waals surface area contributed by atoms with Crippen LogP contribution in [0.5, 0.6) is 0 Å². The van der Waals surface area contributed by atoms with Gasteiger partial charge in [0.05, 0.1) is 5.25 Å². The van der Waals surface area contributed by atoms with E-state index in [9.17, 15) is 9.59 Å². The smallest absolute Gasteiger partial charge is 0.325 e. The molecular weight excluding hydrogens is 348 g/mol. The van der Waals surface area contributed by atoms with Crippen LogP contribution in [0.25, 0.3) is 0 Å². The van der Waals surface area contributed by atoms with Gasteiger partial charge in [0.15, 0.2) is 5.16 Å². The molecule has 0 radical (unpaired) electrons. The van der Waals surface area contributed by atoms with Gasteiger partial charge in [-0.15, -0.1) is 5.10 Å². The first-order valence-corrected chi connectivity index (χ1v) is 9.07. The monoisotopic (exact) mass is 368 g/mol. The summed E-state index contributed by atoms with van der Waals surface area (Å²) in [5, 5.41) is 10.1. The minimum atomic E-state index is -0.404. The maximum absolute atomic E-state index is 12.4. The summed E-state index contributed by atoms with van der Waals surface area (Å²) in [6, 6.07) is 5.38. The van der Waals surface area contributed by atoms with Crippen LogP contribution < -0.4 is 11.0 Å². The predicted molar refractivity (Wildman–Crippen MR) is 97.9 cm³/mol. The molecule has 1 aromatic heterocycles. The Labute approximate surface area is 150 Å². The average Bonchev–Trinajstić information content (AvgIpc) is 2.89. The number of H-pyrrole nitrogens is 1. The third-order valence-corrected chi connectivity index (χ3v) is 5.14. The van der Waals surface area contributed by atoms with Gasteiger partial charge in [0.2, 0.25) is 5.91 Å². The standard InChI is InChI=1S/C16H21ClN4O2S/c1-4-5-9-21-15(23)19-20-16(21)24-11(3)14(22)18-13-8-6-7-12(17)10(13)2/h6-8,11H,4-5,9H2,1-3H3,(H,18,22)(H,19,23)/t11-/m1/s1. The molecule has 130 valence electrons. The van der Waals surface area contributed by atoms with Crippen LogP contribution in [0.3, 0.4) is 0 Å². The molecule has 0 aliphatic heterocycles. The number of aromatic nitrogens is 3. The second-order valence-corrected chi connectivity index (χ2v) is 7.19. The third-order valence-electron chi connectivity index (χ3n) is 3.64. The minimum absolute atomic E-state index is 0.164. The summed E-state index contributed by atoms with van der Waals surface area (Å²) >= 11 is 7.32. The summed E-state index contributed by atoms with van der Waals surface area (Å²) in [7, 11) is 0. The molecule has 1 amide bonds. The second-order valence-electron chi connectivity index (χ2n) is 5.48. The zero-order valence-electron chi connectivity index (χ0n) is 13.9. The summed E-state index contributed by atoms with van der Waals surface area (Å²) in [5.41, 5.74) is 1.26. The highest BCUT2D eigenvalue weighted by Gasteiger charge is 2.19. The van der Waals surface area contributed by atoms with E-state index in [1.54, 1.807) is 23.6 Å². The Morgan fingerprint density at radius 1 is 1.50 bits per heavy atom. The lowest BCUT2D eigenvalue weighted by molar-refractivity contribution is -0.115. The van der Waals surface area contributed by atoms with Crippen molar-refractivity contribution in [3.05, 3.63) is 39.3 Å². The molecule has 0 spiro atoms. The maximum atomic E-state index is 12.4. The van der Waals surface area contributed by atoms with E-state index in [4.69, 9.17) is 11.6 Å². The van der Waals surface area contributed by atoms with Gasteiger partial charge in [-0.3, -0.25) is 9.36 Å². The predicted octanol–water partition coefficient (Wildman–Crippen LogP) is 3.45. The van der Waals surface area contributed by atoms with Gasteiger partial charge in [-0.25, -0.2) is 9.89 Å². The largest absolute Gasteiger partial charge is 0.343 e. The zero-order chi connectivity index (χ0) is 17.7. The Morgan fingerprint density at radius 3 is 2.96 bits per heavy atom. The normalized spacial score (nSPS) is 12.2. The highest BCUT2D eigenvalue weighted by molar-refractivity contribution is 8.00. The molecule has 1 atom stereocenters. The van der Waals surface area contributed by atoms with E-state index in [1.807, 2.05) is 13.0 Å². The van der Waals surface area contributed by atoms with Crippen LogP contribution in [0.2, 0.25) is 5.02 Å². The van der Waals surface area contributed by atoms with Gasteiger partial charge in [0.1, 0.15) is 0 Å². The number of benzene rings is 1. The lowest BCUT2D eigenvalue weighted by Crippen LogP contribution is -2.24. The van der Waals surface area contributed by atoms with E-state index in [2.05, 4.69) is 22.4 Å². The first-order chi connectivity index (χ1) is 11.4. The number of anilines is 1. The molecule has 0 saturated heterocycles. The molecule has 0 unspecified atom stereocenters. The number of rotatable bonds is 7. The number of hydrogen-bond acceptors (Lipinski definition) is 4. The number of carbonyl (C=O) groups is 1. The Morgan fingerprint density at radius 2 is 2.25 bits per heavy atom. The van der Waals surface area contributed by atoms with Gasteiger partial charge in [-0.2, -0.15) is 0 Å². The van der Waals surface area contributed by atoms with Crippen molar-refractivity contribution in [2.24, 2.45) is 0 Å². The maximum Gasteiger partial charge on any atom is 0.343 e. The van der Waals surface area contributed by atoms with Crippen LogP contribution in [-0.2, 0) is 11.3 Å². The molecule has 0 fully saturated rings. The highest BCUT2D eigenvalue weighted by atomic mass is 35.5. The quantitative estimate of drug-likeness (QED) is 0.733. The van der Waals surface area contributed by atoms with Gasteiger partial charge in [-0.1, -0.05) is 42.8 Å². The number of nitrogens with zero attached hydrogens (tertiary/aromatic N) is 2. The summed E-state index contributed by atoms with van der Waals surface area (Å²) in [4.78, 5) is 24.2. The van der Waals surface area contributed by atoms with Crippen LogP contribution in [0.15, 0.2) is 28.2 Å².